The van der Waals surface area contributed by atoms with E-state index >= 15 is 0 Å². The Morgan fingerprint density at radius 3 is 2.85 bits per heavy atom. The molecule has 1 saturated heterocycles. The Kier molecular flexibility index (Phi) is 6.14. The molecule has 2 aliphatic heterocycles. The maximum Gasteiger partial charge on any atom is 0.308 e. The molecule has 1 spiro atoms. The highest BCUT2D eigenvalue weighted by Crippen LogP contribution is 2.65. The van der Waals surface area contributed by atoms with Crippen molar-refractivity contribution in [3.63, 3.8) is 0 Å². The van der Waals surface area contributed by atoms with Gasteiger partial charge in [-0.15, -0.1) is 11.3 Å². The molecule has 2 aromatic rings. The van der Waals surface area contributed by atoms with Crippen molar-refractivity contribution in [1.29, 1.82) is 0 Å². The van der Waals surface area contributed by atoms with E-state index in [1.54, 1.807) is 23.5 Å². The number of hydrogen-bond acceptors (Lipinski definition) is 7. The summed E-state index contributed by atoms with van der Waals surface area (Å²) in [7, 11) is 1.87. The zero-order chi connectivity index (χ0) is 27.1. The number of thiophene rings is 1. The normalized spacial score (nSPS) is 30.6. The Bertz CT molecular complexity index is 1390. The van der Waals surface area contributed by atoms with Crippen LogP contribution in [0.1, 0.15) is 55.0 Å². The highest BCUT2D eigenvalue weighted by molar-refractivity contribution is 9.10. The zero-order valence-electron chi connectivity index (χ0n) is 22.2. The standard InChI is InChI=1S/C30H33BrN2O5S/c1-16(34)37-25-13-24(35)20-12-23-21-6-7-22(32(2)26(36)8-5-19-11-18(31)15-39-19)29-30(21,27(20)28(25)38-29)9-10-33(23)14-17-3-4-17/h5,8,11,13,15,17,21-23,29,35H,3-4,6-7,9-10,12,14H2,1-2H3/b8-5+/t21-,22-,23+,29-,30-/m0/s1. The van der Waals surface area contributed by atoms with Crippen LogP contribution >= 0.6 is 27.3 Å². The van der Waals surface area contributed by atoms with Crippen LogP contribution in [0.2, 0.25) is 0 Å². The van der Waals surface area contributed by atoms with Crippen LogP contribution in [0.4, 0.5) is 0 Å². The Labute approximate surface area is 240 Å². The van der Waals surface area contributed by atoms with Crippen molar-refractivity contribution in [2.24, 2.45) is 11.8 Å². The number of phenols is 1. The number of aromatic hydroxyl groups is 1. The lowest BCUT2D eigenvalue weighted by atomic mass is 9.50. The second-order valence-electron chi connectivity index (χ2n) is 11.9. The summed E-state index contributed by atoms with van der Waals surface area (Å²) in [5.41, 5.74) is 1.64. The van der Waals surface area contributed by atoms with Gasteiger partial charge >= 0.3 is 5.97 Å². The lowest BCUT2D eigenvalue weighted by Gasteiger charge is -2.60. The van der Waals surface area contributed by atoms with Crippen molar-refractivity contribution < 1.29 is 24.2 Å². The molecular formula is C30H33BrN2O5S. The number of hydrogen-bond donors (Lipinski definition) is 1. The molecule has 2 bridgehead atoms. The van der Waals surface area contributed by atoms with Crippen LogP contribution in [0.25, 0.3) is 6.08 Å². The van der Waals surface area contributed by atoms with Crippen LogP contribution in [0, 0.1) is 11.8 Å². The van der Waals surface area contributed by atoms with Gasteiger partial charge in [0.1, 0.15) is 11.9 Å². The van der Waals surface area contributed by atoms with Crippen molar-refractivity contribution >= 4 is 45.2 Å². The number of likely N-dealkylation sites (N-methyl/N-ethyl adjacent to an activating group) is 1. The molecule has 1 aromatic heterocycles. The first kappa shape index (κ1) is 25.6. The number of esters is 1. The quantitative estimate of drug-likeness (QED) is 0.277. The lowest BCUT2D eigenvalue weighted by molar-refractivity contribution is -0.135. The van der Waals surface area contributed by atoms with Gasteiger partial charge in [-0.1, -0.05) is 0 Å². The molecule has 206 valence electrons. The minimum absolute atomic E-state index is 0.0549. The predicted molar refractivity (Wildman–Crippen MR) is 152 cm³/mol. The van der Waals surface area contributed by atoms with Crippen molar-refractivity contribution in [1.82, 2.24) is 9.80 Å². The smallest absolute Gasteiger partial charge is 0.308 e. The van der Waals surface area contributed by atoms with E-state index in [2.05, 4.69) is 20.8 Å². The van der Waals surface area contributed by atoms with E-state index in [0.717, 1.165) is 65.2 Å². The second kappa shape index (κ2) is 9.35. The van der Waals surface area contributed by atoms with Gasteiger partial charge in [-0.2, -0.15) is 0 Å². The van der Waals surface area contributed by atoms with Gasteiger partial charge in [0.25, 0.3) is 0 Å². The molecule has 2 saturated carbocycles. The molecule has 5 atom stereocenters. The summed E-state index contributed by atoms with van der Waals surface area (Å²) in [4.78, 5) is 30.9. The first-order chi connectivity index (χ1) is 18.8. The Morgan fingerprint density at radius 2 is 2.13 bits per heavy atom. The fraction of sp³-hybridized carbons (Fsp3) is 0.533. The third kappa shape index (κ3) is 4.06. The molecule has 39 heavy (non-hydrogen) atoms. The summed E-state index contributed by atoms with van der Waals surface area (Å²) in [6, 6.07) is 3.76. The molecule has 3 aliphatic carbocycles. The Balaban J connectivity index is 1.27. The average molecular weight is 614 g/mol. The summed E-state index contributed by atoms with van der Waals surface area (Å²) in [5, 5.41) is 13.2. The number of rotatable bonds is 6. The van der Waals surface area contributed by atoms with Crippen LogP contribution in [-0.2, 0) is 21.4 Å². The minimum Gasteiger partial charge on any atom is -0.508 e. The van der Waals surface area contributed by atoms with E-state index in [9.17, 15) is 14.7 Å². The third-order valence-electron chi connectivity index (χ3n) is 9.76. The summed E-state index contributed by atoms with van der Waals surface area (Å²) in [5.74, 6) is 1.73. The summed E-state index contributed by atoms with van der Waals surface area (Å²) in [6.45, 7) is 3.47. The third-order valence-corrected chi connectivity index (χ3v) is 11.4. The number of carbonyl (C=O) groups excluding carboxylic acids is 2. The molecular weight excluding hydrogens is 580 g/mol. The van der Waals surface area contributed by atoms with Crippen molar-refractivity contribution in [3.8, 4) is 17.2 Å². The number of piperidine rings is 1. The molecule has 1 amide bonds. The highest BCUT2D eigenvalue weighted by Gasteiger charge is 2.67. The molecule has 7 nitrogen and oxygen atoms in total. The molecule has 9 heteroatoms. The maximum atomic E-state index is 13.4. The molecule has 5 aliphatic rings. The SMILES string of the molecule is CC(=O)Oc1cc(O)c2c3c1O[C@H]1[C@@H](N(C)C(=O)/C=C/c4cc(Br)cs4)CC[C@H]4[C@@H](C2)N(CC2CC2)CC[C@@]341. The molecule has 1 aromatic carbocycles. The van der Waals surface area contributed by atoms with Gasteiger partial charge in [-0.25, -0.2) is 0 Å². The largest absolute Gasteiger partial charge is 0.508 e. The number of amides is 1. The topological polar surface area (TPSA) is 79.3 Å². The Morgan fingerprint density at radius 1 is 1.31 bits per heavy atom. The van der Waals surface area contributed by atoms with Gasteiger partial charge in [-0.05, 0) is 85.0 Å². The number of carbonyl (C=O) groups is 2. The molecule has 0 radical (unpaired) electrons. The zero-order valence-corrected chi connectivity index (χ0v) is 24.6. The van der Waals surface area contributed by atoms with Crippen molar-refractivity contribution in [2.45, 2.75) is 69.1 Å². The minimum atomic E-state index is -0.444. The number of benzene rings is 1. The fourth-order valence-corrected chi connectivity index (χ4v) is 9.32. The van der Waals surface area contributed by atoms with Gasteiger partial charge in [0.05, 0.1) is 6.04 Å². The van der Waals surface area contributed by atoms with Crippen LogP contribution in [0.15, 0.2) is 28.1 Å². The first-order valence-corrected chi connectivity index (χ1v) is 15.6. The molecule has 7 rings (SSSR count). The van der Waals surface area contributed by atoms with Crippen LogP contribution in [-0.4, -0.2) is 65.1 Å². The van der Waals surface area contributed by atoms with Gasteiger partial charge < -0.3 is 19.5 Å². The number of likely N-dealkylation sites (tertiary alicyclic amines) is 1. The van der Waals surface area contributed by atoms with Crippen molar-refractivity contribution in [3.05, 3.63) is 44.1 Å². The summed E-state index contributed by atoms with van der Waals surface area (Å²) < 4.78 is 13.4. The number of halogens is 1. The van der Waals surface area contributed by atoms with E-state index in [1.807, 2.05) is 29.5 Å². The van der Waals surface area contributed by atoms with Gasteiger partial charge in [0.2, 0.25) is 5.91 Å². The Hall–Kier alpha value is -2.36. The molecule has 3 heterocycles. The van der Waals surface area contributed by atoms with Gasteiger partial charge in [0.15, 0.2) is 11.5 Å². The monoisotopic (exact) mass is 612 g/mol. The number of ether oxygens (including phenoxy) is 2. The van der Waals surface area contributed by atoms with Gasteiger partial charge in [-0.3, -0.25) is 14.5 Å². The predicted octanol–water partition coefficient (Wildman–Crippen LogP) is 5.13. The maximum absolute atomic E-state index is 13.4. The fourth-order valence-electron chi connectivity index (χ4n) is 7.99. The van der Waals surface area contributed by atoms with E-state index in [4.69, 9.17) is 9.47 Å². The van der Waals surface area contributed by atoms with Crippen LogP contribution < -0.4 is 9.47 Å². The van der Waals surface area contributed by atoms with E-state index < -0.39 is 5.97 Å². The van der Waals surface area contributed by atoms with Gasteiger partial charge in [0, 0.05) is 70.0 Å². The molecule has 3 fully saturated rings. The van der Waals surface area contributed by atoms with Crippen molar-refractivity contribution in [2.75, 3.05) is 20.1 Å². The molecule has 1 N–H and O–H groups in total. The molecule has 0 unspecified atom stereocenters. The summed E-state index contributed by atoms with van der Waals surface area (Å²) in [6.07, 6.45) is 9.41. The second-order valence-corrected chi connectivity index (χ2v) is 13.8. The summed E-state index contributed by atoms with van der Waals surface area (Å²) >= 11 is 5.06. The average Bonchev–Trinajstić information content (AvgIpc) is 3.52. The first-order valence-electron chi connectivity index (χ1n) is 13.9. The van der Waals surface area contributed by atoms with Crippen LogP contribution in [0.5, 0.6) is 17.2 Å². The van der Waals surface area contributed by atoms with E-state index in [-0.39, 0.29) is 35.0 Å². The van der Waals surface area contributed by atoms with E-state index in [1.165, 1.54) is 19.8 Å². The lowest BCUT2D eigenvalue weighted by Crippen LogP contribution is -2.69. The van der Waals surface area contributed by atoms with Crippen LogP contribution in [0.3, 0.4) is 0 Å². The highest BCUT2D eigenvalue weighted by atomic mass is 79.9. The van der Waals surface area contributed by atoms with E-state index in [0.29, 0.717) is 17.7 Å². The number of phenolic OH excluding ortho intramolecular Hbond substituents is 1. The number of nitrogens with zero attached hydrogens (tertiary/aromatic N) is 2.